The fourth-order valence-electron chi connectivity index (χ4n) is 0.407. The van der Waals surface area contributed by atoms with Crippen LogP contribution < -0.4 is 0 Å². The Bertz CT molecular complexity index is 210. The van der Waals surface area contributed by atoms with Crippen molar-refractivity contribution in [3.05, 3.63) is 0 Å². The van der Waals surface area contributed by atoms with E-state index >= 15 is 0 Å². The second-order valence-electron chi connectivity index (χ2n) is 3.36. The molecular weight excluding hydrogens is 183 g/mol. The van der Waals surface area contributed by atoms with Crippen molar-refractivity contribution in [2.45, 2.75) is 26.4 Å². The van der Waals surface area contributed by atoms with Gasteiger partial charge in [0, 0.05) is 6.66 Å². The number of rotatable bonds is 1. The quantitative estimate of drug-likeness (QED) is 0.510. The van der Waals surface area contributed by atoms with Crippen molar-refractivity contribution < 1.29 is 23.5 Å². The summed E-state index contributed by atoms with van der Waals surface area (Å²) >= 11 is 0. The highest BCUT2D eigenvalue weighted by molar-refractivity contribution is 7.52. The third-order valence-corrected chi connectivity index (χ3v) is 1.12. The molecule has 1 atom stereocenters. The molecule has 0 aromatic heterocycles. The number of ether oxygens (including phenoxy) is 1. The summed E-state index contributed by atoms with van der Waals surface area (Å²) in [5.41, 5.74) is -0.716. The van der Waals surface area contributed by atoms with Gasteiger partial charge in [-0.05, 0) is 20.8 Å². The number of hydrogen-bond donors (Lipinski definition) is 1. The van der Waals surface area contributed by atoms with Gasteiger partial charge in [0.2, 0.25) is 0 Å². The third kappa shape index (κ3) is 7.57. The molecule has 5 nitrogen and oxygen atoms in total. The van der Waals surface area contributed by atoms with Gasteiger partial charge in [-0.2, -0.15) is 0 Å². The van der Waals surface area contributed by atoms with Gasteiger partial charge in [-0.1, -0.05) is 0 Å². The van der Waals surface area contributed by atoms with Crippen molar-refractivity contribution in [2.24, 2.45) is 0 Å². The van der Waals surface area contributed by atoms with Crippen LogP contribution in [0.1, 0.15) is 20.8 Å². The molecule has 0 rings (SSSR count). The highest BCUT2D eigenvalue weighted by Gasteiger charge is 2.23. The minimum atomic E-state index is -3.78. The Kier molecular flexibility index (Phi) is 3.30. The first-order valence-corrected chi connectivity index (χ1v) is 5.35. The van der Waals surface area contributed by atoms with E-state index in [0.29, 0.717) is 0 Å². The van der Waals surface area contributed by atoms with Gasteiger partial charge in [0.05, 0.1) is 0 Å². The van der Waals surface area contributed by atoms with E-state index in [0.717, 1.165) is 6.66 Å². The molecule has 0 saturated heterocycles. The van der Waals surface area contributed by atoms with Gasteiger partial charge in [-0.3, -0.25) is 0 Å². The first-order valence-electron chi connectivity index (χ1n) is 3.33. The van der Waals surface area contributed by atoms with Crippen LogP contribution in [0.3, 0.4) is 0 Å². The molecule has 0 bridgehead atoms. The van der Waals surface area contributed by atoms with Gasteiger partial charge in [-0.25, -0.2) is 9.36 Å². The van der Waals surface area contributed by atoms with Crippen molar-refractivity contribution >= 4 is 13.8 Å². The third-order valence-electron chi connectivity index (χ3n) is 0.633. The molecule has 1 N–H and O–H groups in total. The van der Waals surface area contributed by atoms with E-state index in [4.69, 9.17) is 4.89 Å². The normalized spacial score (nSPS) is 16.4. The van der Waals surface area contributed by atoms with E-state index in [1.807, 2.05) is 0 Å². The summed E-state index contributed by atoms with van der Waals surface area (Å²) in [5, 5.41) is 0. The molecule has 0 aliphatic rings. The fourth-order valence-corrected chi connectivity index (χ4v) is 0.721. The molecule has 0 saturated carbocycles. The Morgan fingerprint density at radius 1 is 1.42 bits per heavy atom. The fraction of sp³-hybridized carbons (Fsp3) is 0.833. The van der Waals surface area contributed by atoms with Crippen LogP contribution in [0.4, 0.5) is 4.79 Å². The van der Waals surface area contributed by atoms with E-state index in [9.17, 15) is 9.36 Å². The minimum absolute atomic E-state index is 0.716. The zero-order valence-electron chi connectivity index (χ0n) is 7.53. The maximum atomic E-state index is 10.7. The summed E-state index contributed by atoms with van der Waals surface area (Å²) in [6.45, 7) is 5.81. The maximum absolute atomic E-state index is 10.7. The lowest BCUT2D eigenvalue weighted by Gasteiger charge is -2.19. The zero-order chi connectivity index (χ0) is 9.99. The van der Waals surface area contributed by atoms with Crippen molar-refractivity contribution in [3.8, 4) is 0 Å². The van der Waals surface area contributed by atoms with Gasteiger partial charge >= 0.3 is 13.8 Å². The van der Waals surface area contributed by atoms with E-state index in [1.54, 1.807) is 20.8 Å². The predicted molar refractivity (Wildman–Crippen MR) is 43.1 cm³/mol. The largest absolute Gasteiger partial charge is 0.515 e. The predicted octanol–water partition coefficient (Wildman–Crippen LogP) is 1.75. The van der Waals surface area contributed by atoms with E-state index in [2.05, 4.69) is 9.26 Å². The molecule has 0 heterocycles. The Morgan fingerprint density at radius 3 is 2.08 bits per heavy atom. The van der Waals surface area contributed by atoms with Crippen LogP contribution in [0.15, 0.2) is 0 Å². The lowest BCUT2D eigenvalue weighted by atomic mass is 10.2. The van der Waals surface area contributed by atoms with Gasteiger partial charge in [0.15, 0.2) is 0 Å². The molecule has 0 aliphatic heterocycles. The van der Waals surface area contributed by atoms with E-state index in [-0.39, 0.29) is 0 Å². The summed E-state index contributed by atoms with van der Waals surface area (Å²) in [7, 11) is -3.78. The van der Waals surface area contributed by atoms with Crippen LogP contribution in [0.2, 0.25) is 0 Å². The standard InChI is InChI=1S/C6H13O5P/c1-6(2,3)10-5(7)11-12(4,8)9/h1-4H3,(H,8,9). The molecule has 12 heavy (non-hydrogen) atoms. The highest BCUT2D eigenvalue weighted by atomic mass is 31.2. The smallest absolute Gasteiger partial charge is 0.428 e. The first-order chi connectivity index (χ1) is 5.10. The van der Waals surface area contributed by atoms with Crippen LogP contribution in [-0.2, 0) is 13.8 Å². The van der Waals surface area contributed by atoms with Crippen molar-refractivity contribution in [2.75, 3.05) is 6.66 Å². The molecule has 0 amide bonds. The van der Waals surface area contributed by atoms with Crippen LogP contribution >= 0.6 is 7.60 Å². The molecular formula is C6H13O5P. The minimum Gasteiger partial charge on any atom is -0.428 e. The van der Waals surface area contributed by atoms with Crippen LogP contribution in [0.25, 0.3) is 0 Å². The Labute approximate surface area is 71.2 Å². The number of carbonyl (C=O) groups excluding carboxylic acids is 1. The zero-order valence-corrected chi connectivity index (χ0v) is 8.42. The highest BCUT2D eigenvalue weighted by Crippen LogP contribution is 2.37. The van der Waals surface area contributed by atoms with Crippen LogP contribution in [0, 0.1) is 0 Å². The van der Waals surface area contributed by atoms with Gasteiger partial charge < -0.3 is 14.2 Å². The van der Waals surface area contributed by atoms with Gasteiger partial charge in [-0.15, -0.1) is 0 Å². The Balaban J connectivity index is 4.01. The molecule has 6 heteroatoms. The Hall–Kier alpha value is -0.540. The molecule has 72 valence electrons. The molecule has 0 radical (unpaired) electrons. The maximum Gasteiger partial charge on any atom is 0.515 e. The second kappa shape index (κ2) is 3.46. The van der Waals surface area contributed by atoms with Crippen molar-refractivity contribution in [1.29, 1.82) is 0 Å². The average Bonchev–Trinajstić information content (AvgIpc) is 1.49. The SMILES string of the molecule is CC(C)(C)OC(=O)OP(C)(=O)O. The average molecular weight is 196 g/mol. The molecule has 0 spiro atoms. The van der Waals surface area contributed by atoms with Gasteiger partial charge in [0.25, 0.3) is 0 Å². The van der Waals surface area contributed by atoms with Crippen molar-refractivity contribution in [1.82, 2.24) is 0 Å². The molecule has 1 unspecified atom stereocenters. The topological polar surface area (TPSA) is 72.8 Å². The van der Waals surface area contributed by atoms with E-state index < -0.39 is 19.4 Å². The monoisotopic (exact) mass is 196 g/mol. The summed E-state index contributed by atoms with van der Waals surface area (Å²) < 4.78 is 19.2. The molecule has 0 aliphatic carbocycles. The van der Waals surface area contributed by atoms with Gasteiger partial charge in [0.1, 0.15) is 5.60 Å². The van der Waals surface area contributed by atoms with Crippen LogP contribution in [-0.4, -0.2) is 23.3 Å². The van der Waals surface area contributed by atoms with Crippen LogP contribution in [0.5, 0.6) is 0 Å². The lowest BCUT2D eigenvalue weighted by molar-refractivity contribution is 0.0191. The number of carbonyl (C=O) groups is 1. The van der Waals surface area contributed by atoms with E-state index in [1.165, 1.54) is 0 Å². The number of hydrogen-bond acceptors (Lipinski definition) is 4. The second-order valence-corrected chi connectivity index (χ2v) is 5.15. The van der Waals surface area contributed by atoms with Crippen molar-refractivity contribution in [3.63, 3.8) is 0 Å². The summed E-state index contributed by atoms with van der Waals surface area (Å²) in [5.74, 6) is 0. The first kappa shape index (κ1) is 11.5. The summed E-state index contributed by atoms with van der Waals surface area (Å²) in [4.78, 5) is 19.3. The molecule has 0 aromatic rings. The molecule has 0 fully saturated rings. The Morgan fingerprint density at radius 2 is 1.83 bits per heavy atom. The molecule has 0 aromatic carbocycles. The summed E-state index contributed by atoms with van der Waals surface area (Å²) in [6.07, 6.45) is -1.13. The lowest BCUT2D eigenvalue weighted by Crippen LogP contribution is -2.23. The summed E-state index contributed by atoms with van der Waals surface area (Å²) in [6, 6.07) is 0.